The summed E-state index contributed by atoms with van der Waals surface area (Å²) in [4.78, 5) is 18.5. The van der Waals surface area contributed by atoms with Crippen molar-refractivity contribution in [2.75, 3.05) is 6.54 Å². The highest BCUT2D eigenvalue weighted by Crippen LogP contribution is 2.31. The number of aromatic nitrogens is 3. The summed E-state index contributed by atoms with van der Waals surface area (Å²) >= 11 is 0.931. The van der Waals surface area contributed by atoms with Crippen LogP contribution in [0.15, 0.2) is 11.4 Å². The summed E-state index contributed by atoms with van der Waals surface area (Å²) in [6.07, 6.45) is -0.898. The Bertz CT molecular complexity index is 712. The Morgan fingerprint density at radius 2 is 2.26 bits per heavy atom. The van der Waals surface area contributed by atoms with Gasteiger partial charge in [-0.1, -0.05) is 0 Å². The average molecular weight is 340 g/mol. The van der Waals surface area contributed by atoms with Gasteiger partial charge in [0.25, 0.3) is 12.3 Å². The molecule has 1 amide bonds. The molecule has 3 heterocycles. The van der Waals surface area contributed by atoms with E-state index in [1.807, 2.05) is 13.8 Å². The van der Waals surface area contributed by atoms with Gasteiger partial charge in [-0.05, 0) is 38.1 Å². The molecule has 0 unspecified atom stereocenters. The van der Waals surface area contributed by atoms with Gasteiger partial charge < -0.3 is 4.90 Å². The zero-order valence-corrected chi connectivity index (χ0v) is 13.8. The Kier molecular flexibility index (Phi) is 4.43. The van der Waals surface area contributed by atoms with E-state index in [2.05, 4.69) is 10.1 Å². The molecule has 0 aromatic carbocycles. The predicted octanol–water partition coefficient (Wildman–Crippen LogP) is 3.20. The van der Waals surface area contributed by atoms with Gasteiger partial charge in [0.05, 0.1) is 23.0 Å². The van der Waals surface area contributed by atoms with Gasteiger partial charge in [-0.2, -0.15) is 5.10 Å². The van der Waals surface area contributed by atoms with Crippen LogP contribution in [0.3, 0.4) is 0 Å². The minimum Gasteiger partial charge on any atom is -0.334 e. The van der Waals surface area contributed by atoms with Crippen molar-refractivity contribution in [2.24, 2.45) is 0 Å². The van der Waals surface area contributed by atoms with Crippen molar-refractivity contribution in [1.82, 2.24) is 19.7 Å². The van der Waals surface area contributed by atoms with Gasteiger partial charge in [-0.3, -0.25) is 4.79 Å². The van der Waals surface area contributed by atoms with E-state index in [4.69, 9.17) is 0 Å². The minimum absolute atomic E-state index is 0.0345. The molecule has 1 aliphatic heterocycles. The molecule has 124 valence electrons. The smallest absolute Gasteiger partial charge is 0.273 e. The maximum absolute atomic E-state index is 13.0. The van der Waals surface area contributed by atoms with Crippen LogP contribution in [0.5, 0.6) is 0 Å². The van der Waals surface area contributed by atoms with Gasteiger partial charge in [0.15, 0.2) is 0 Å². The lowest BCUT2D eigenvalue weighted by molar-refractivity contribution is 0.0711. The van der Waals surface area contributed by atoms with Crippen molar-refractivity contribution in [1.29, 1.82) is 0 Å². The van der Waals surface area contributed by atoms with Crippen molar-refractivity contribution in [3.63, 3.8) is 0 Å². The number of hydrogen-bond acceptors (Lipinski definition) is 4. The number of carbonyl (C=O) groups excluding carboxylic acids is 1. The SMILES string of the molecule is Cc1nc(C)n(C[C@@H]2CCCN2C(=O)c2ccsc2C(F)F)n1. The number of likely N-dealkylation sites (tertiary alicyclic amines) is 1. The second-order valence-corrected chi connectivity index (χ2v) is 6.63. The van der Waals surface area contributed by atoms with Crippen LogP contribution >= 0.6 is 11.3 Å². The molecule has 1 saturated heterocycles. The van der Waals surface area contributed by atoms with E-state index in [9.17, 15) is 13.6 Å². The number of aryl methyl sites for hydroxylation is 2. The van der Waals surface area contributed by atoms with E-state index < -0.39 is 6.43 Å². The Balaban J connectivity index is 1.79. The number of nitrogens with zero attached hydrogens (tertiary/aromatic N) is 4. The average Bonchev–Trinajstić information content (AvgIpc) is 3.19. The molecule has 1 atom stereocenters. The van der Waals surface area contributed by atoms with Gasteiger partial charge in [-0.15, -0.1) is 11.3 Å². The Morgan fingerprint density at radius 3 is 2.91 bits per heavy atom. The summed E-state index contributed by atoms with van der Waals surface area (Å²) in [5.41, 5.74) is 0.128. The van der Waals surface area contributed by atoms with Crippen LogP contribution in [-0.2, 0) is 6.54 Å². The van der Waals surface area contributed by atoms with Crippen molar-refractivity contribution < 1.29 is 13.6 Å². The van der Waals surface area contributed by atoms with Crippen molar-refractivity contribution in [2.45, 2.75) is 45.7 Å². The summed E-state index contributed by atoms with van der Waals surface area (Å²) in [5.74, 6) is 1.18. The number of halogens is 2. The summed E-state index contributed by atoms with van der Waals surface area (Å²) in [6.45, 7) is 4.83. The van der Waals surface area contributed by atoms with Crippen LogP contribution in [0.2, 0.25) is 0 Å². The molecular weight excluding hydrogens is 322 g/mol. The molecule has 0 saturated carbocycles. The maximum atomic E-state index is 13.0. The van der Waals surface area contributed by atoms with Crippen LogP contribution in [0.4, 0.5) is 8.78 Å². The highest BCUT2D eigenvalue weighted by molar-refractivity contribution is 7.10. The van der Waals surface area contributed by atoms with Crippen LogP contribution in [0, 0.1) is 13.8 Å². The second-order valence-electron chi connectivity index (χ2n) is 5.68. The van der Waals surface area contributed by atoms with E-state index in [0.29, 0.717) is 18.9 Å². The summed E-state index contributed by atoms with van der Waals surface area (Å²) in [7, 11) is 0. The standard InChI is InChI=1S/C15H18F2N4OS/c1-9-18-10(2)21(19-9)8-11-4-3-6-20(11)15(22)12-5-7-23-13(12)14(16)17/h5,7,11,14H,3-4,6,8H2,1-2H3/t11-/m0/s1. The molecule has 2 aromatic heterocycles. The van der Waals surface area contributed by atoms with E-state index in [0.717, 1.165) is 30.0 Å². The third-order valence-corrected chi connectivity index (χ3v) is 5.03. The lowest BCUT2D eigenvalue weighted by atomic mass is 10.2. The van der Waals surface area contributed by atoms with Crippen LogP contribution in [-0.4, -0.2) is 38.2 Å². The molecule has 23 heavy (non-hydrogen) atoms. The molecule has 1 fully saturated rings. The fourth-order valence-electron chi connectivity index (χ4n) is 3.05. The van der Waals surface area contributed by atoms with Gasteiger partial charge in [-0.25, -0.2) is 18.4 Å². The van der Waals surface area contributed by atoms with Gasteiger partial charge >= 0.3 is 0 Å². The van der Waals surface area contributed by atoms with Gasteiger partial charge in [0, 0.05) is 6.54 Å². The molecule has 2 aromatic rings. The molecule has 0 N–H and O–H groups in total. The molecule has 0 radical (unpaired) electrons. The Morgan fingerprint density at radius 1 is 1.48 bits per heavy atom. The molecule has 0 aliphatic carbocycles. The summed E-state index contributed by atoms with van der Waals surface area (Å²) < 4.78 is 27.8. The maximum Gasteiger partial charge on any atom is 0.273 e. The number of thiophene rings is 1. The fourth-order valence-corrected chi connectivity index (χ4v) is 3.78. The largest absolute Gasteiger partial charge is 0.334 e. The number of alkyl halides is 2. The first-order valence-electron chi connectivity index (χ1n) is 7.52. The van der Waals surface area contributed by atoms with Crippen LogP contribution < -0.4 is 0 Å². The van der Waals surface area contributed by atoms with Gasteiger partial charge in [0.1, 0.15) is 11.6 Å². The topological polar surface area (TPSA) is 51.0 Å². The summed E-state index contributed by atoms with van der Waals surface area (Å²) in [6, 6.07) is 1.46. The molecule has 0 bridgehead atoms. The number of carbonyl (C=O) groups is 1. The van der Waals surface area contributed by atoms with Gasteiger partial charge in [0.2, 0.25) is 0 Å². The van der Waals surface area contributed by atoms with E-state index in [-0.39, 0.29) is 22.4 Å². The highest BCUT2D eigenvalue weighted by atomic mass is 32.1. The normalized spacial score (nSPS) is 18.1. The minimum atomic E-state index is -2.62. The first-order valence-corrected chi connectivity index (χ1v) is 8.40. The third-order valence-electron chi connectivity index (χ3n) is 4.11. The number of amides is 1. The molecule has 3 rings (SSSR count). The van der Waals surface area contributed by atoms with Crippen LogP contribution in [0.1, 0.15) is 46.2 Å². The molecule has 1 aliphatic rings. The number of hydrogen-bond donors (Lipinski definition) is 0. The van der Waals surface area contributed by atoms with E-state index in [1.54, 1.807) is 15.0 Å². The van der Waals surface area contributed by atoms with Crippen molar-refractivity contribution in [3.05, 3.63) is 33.5 Å². The first kappa shape index (κ1) is 16.0. The zero-order chi connectivity index (χ0) is 16.6. The first-order chi connectivity index (χ1) is 11.0. The Labute approximate surface area is 136 Å². The molecule has 5 nitrogen and oxygen atoms in total. The number of rotatable bonds is 4. The lowest BCUT2D eigenvalue weighted by Crippen LogP contribution is -2.38. The monoisotopic (exact) mass is 340 g/mol. The van der Waals surface area contributed by atoms with Crippen LogP contribution in [0.25, 0.3) is 0 Å². The highest BCUT2D eigenvalue weighted by Gasteiger charge is 2.32. The fraction of sp³-hybridized carbons (Fsp3) is 0.533. The zero-order valence-electron chi connectivity index (χ0n) is 13.0. The third kappa shape index (κ3) is 3.12. The van der Waals surface area contributed by atoms with Crippen molar-refractivity contribution >= 4 is 17.2 Å². The van der Waals surface area contributed by atoms with Crippen molar-refractivity contribution in [3.8, 4) is 0 Å². The quantitative estimate of drug-likeness (QED) is 0.859. The summed E-state index contributed by atoms with van der Waals surface area (Å²) in [5, 5.41) is 5.87. The second kappa shape index (κ2) is 6.35. The molecule has 0 spiro atoms. The van der Waals surface area contributed by atoms with E-state index in [1.165, 1.54) is 6.07 Å². The molecule has 8 heteroatoms. The lowest BCUT2D eigenvalue weighted by Gasteiger charge is -2.25. The Hall–Kier alpha value is -1.83. The predicted molar refractivity (Wildman–Crippen MR) is 82.8 cm³/mol. The van der Waals surface area contributed by atoms with E-state index >= 15 is 0 Å². The molecular formula is C15H18F2N4OS.